The minimum absolute atomic E-state index is 0.0501. The molecule has 5 heteroatoms. The van der Waals surface area contributed by atoms with Crippen LogP contribution in [0.5, 0.6) is 0 Å². The van der Waals surface area contributed by atoms with Gasteiger partial charge in [0.15, 0.2) is 12.4 Å². The summed E-state index contributed by atoms with van der Waals surface area (Å²) in [5.41, 5.74) is 0.664. The largest absolute Gasteiger partial charge is 0.744 e. The molecule has 0 spiro atoms. The molecular formula is C23H35NO3S. The smallest absolute Gasteiger partial charge is 0.166 e. The van der Waals surface area contributed by atoms with Gasteiger partial charge in [0.25, 0.3) is 0 Å². The molecule has 156 valence electrons. The summed E-state index contributed by atoms with van der Waals surface area (Å²) >= 11 is 0. The van der Waals surface area contributed by atoms with Crippen LogP contribution in [0.4, 0.5) is 0 Å². The Morgan fingerprint density at radius 2 is 1.29 bits per heavy atom. The summed E-state index contributed by atoms with van der Waals surface area (Å²) in [6, 6.07) is 12.4. The fourth-order valence-electron chi connectivity index (χ4n) is 3.10. The number of unbranched alkanes of at least 4 members (excludes halogenated alkanes) is 9. The van der Waals surface area contributed by atoms with Gasteiger partial charge >= 0.3 is 0 Å². The first kappa shape index (κ1) is 24.3. The van der Waals surface area contributed by atoms with E-state index >= 15 is 0 Å². The molecule has 0 amide bonds. The fourth-order valence-corrected chi connectivity index (χ4v) is 3.84. The molecule has 1 N–H and O–H groups in total. The van der Waals surface area contributed by atoms with E-state index in [1.54, 1.807) is 18.2 Å². The fraction of sp³-hybridized carbons (Fsp3) is 0.522. The Bertz CT molecular complexity index is 691. The van der Waals surface area contributed by atoms with E-state index in [1.807, 2.05) is 30.6 Å². The van der Waals surface area contributed by atoms with E-state index < -0.39 is 10.1 Å². The van der Waals surface area contributed by atoms with Gasteiger partial charge in [0, 0.05) is 12.1 Å². The van der Waals surface area contributed by atoms with Crippen molar-refractivity contribution in [1.29, 1.82) is 0 Å². The normalized spacial score (nSPS) is 10.9. The van der Waals surface area contributed by atoms with Crippen molar-refractivity contribution in [2.75, 3.05) is 0 Å². The SMILES string of the molecule is CCCCCCCCCCCCc1ccccc1S(=O)(=O)[O-].c1cc[nH+]cc1. The summed E-state index contributed by atoms with van der Waals surface area (Å²) in [5, 5.41) is 0. The van der Waals surface area contributed by atoms with E-state index in [2.05, 4.69) is 11.9 Å². The molecule has 0 aliphatic carbocycles. The second kappa shape index (κ2) is 15.2. The number of aromatic nitrogens is 1. The average molecular weight is 406 g/mol. The zero-order valence-electron chi connectivity index (χ0n) is 17.1. The standard InChI is InChI=1S/C18H30O3S.C5H5N/c1-2-3-4-5-6-7-8-9-10-11-14-17-15-12-13-16-18(17)22(19,20)21;1-2-4-6-5-3-1/h12-13,15-16H,2-11,14H2,1H3,(H,19,20,21);1-5H. The molecule has 0 saturated carbocycles. The Labute approximate surface area is 171 Å². The van der Waals surface area contributed by atoms with Crippen molar-refractivity contribution in [3.8, 4) is 0 Å². The number of hydrogen-bond donors (Lipinski definition) is 0. The lowest BCUT2D eigenvalue weighted by atomic mass is 10.0. The minimum atomic E-state index is -4.35. The molecule has 28 heavy (non-hydrogen) atoms. The van der Waals surface area contributed by atoms with E-state index in [0.717, 1.165) is 12.8 Å². The number of aromatic amines is 1. The predicted octanol–water partition coefficient (Wildman–Crippen LogP) is 5.55. The number of pyridine rings is 1. The summed E-state index contributed by atoms with van der Waals surface area (Å²) in [5.74, 6) is 0. The van der Waals surface area contributed by atoms with Crippen LogP contribution in [0.2, 0.25) is 0 Å². The second-order valence-electron chi connectivity index (χ2n) is 7.07. The van der Waals surface area contributed by atoms with Crippen LogP contribution in [0.25, 0.3) is 0 Å². The molecule has 0 unspecified atom stereocenters. The molecule has 0 fully saturated rings. The third-order valence-electron chi connectivity index (χ3n) is 4.65. The Morgan fingerprint density at radius 3 is 1.75 bits per heavy atom. The van der Waals surface area contributed by atoms with Gasteiger partial charge < -0.3 is 4.55 Å². The second-order valence-corrected chi connectivity index (χ2v) is 8.42. The highest BCUT2D eigenvalue weighted by atomic mass is 32.2. The quantitative estimate of drug-likeness (QED) is 0.343. The van der Waals surface area contributed by atoms with Crippen LogP contribution < -0.4 is 4.98 Å². The van der Waals surface area contributed by atoms with Crippen LogP contribution in [-0.4, -0.2) is 13.0 Å². The number of benzene rings is 1. The highest BCUT2D eigenvalue weighted by Crippen LogP contribution is 2.18. The maximum absolute atomic E-state index is 11.2. The third-order valence-corrected chi connectivity index (χ3v) is 5.59. The van der Waals surface area contributed by atoms with Crippen LogP contribution in [0, 0.1) is 0 Å². The van der Waals surface area contributed by atoms with Gasteiger partial charge in [-0.15, -0.1) is 0 Å². The van der Waals surface area contributed by atoms with Gasteiger partial charge in [-0.05, 0) is 24.5 Å². The van der Waals surface area contributed by atoms with Crippen molar-refractivity contribution in [1.82, 2.24) is 0 Å². The molecule has 0 aliphatic heterocycles. The first-order valence-electron chi connectivity index (χ1n) is 10.5. The molecule has 0 aliphatic rings. The van der Waals surface area contributed by atoms with Crippen molar-refractivity contribution in [3.05, 3.63) is 60.4 Å². The Morgan fingerprint density at radius 1 is 0.750 bits per heavy atom. The predicted molar refractivity (Wildman–Crippen MR) is 113 cm³/mol. The molecule has 1 aromatic carbocycles. The van der Waals surface area contributed by atoms with Gasteiger partial charge in [0.1, 0.15) is 10.1 Å². The minimum Gasteiger partial charge on any atom is -0.744 e. The van der Waals surface area contributed by atoms with Crippen LogP contribution in [0.1, 0.15) is 76.7 Å². The number of rotatable bonds is 12. The third kappa shape index (κ3) is 11.9. The van der Waals surface area contributed by atoms with E-state index in [9.17, 15) is 13.0 Å². The van der Waals surface area contributed by atoms with Gasteiger partial charge in [-0.1, -0.05) is 89.0 Å². The summed E-state index contributed by atoms with van der Waals surface area (Å²) < 4.78 is 33.5. The molecule has 1 heterocycles. The molecule has 0 saturated heterocycles. The highest BCUT2D eigenvalue weighted by Gasteiger charge is 2.07. The Kier molecular flexibility index (Phi) is 13.2. The van der Waals surface area contributed by atoms with Crippen molar-refractivity contribution >= 4 is 10.1 Å². The van der Waals surface area contributed by atoms with Gasteiger partial charge in [0.05, 0.1) is 4.90 Å². The van der Waals surface area contributed by atoms with Crippen LogP contribution >= 0.6 is 0 Å². The molecule has 4 nitrogen and oxygen atoms in total. The number of nitrogens with one attached hydrogen (secondary N) is 1. The molecule has 0 atom stereocenters. The summed E-state index contributed by atoms with van der Waals surface area (Å²) in [6.45, 7) is 2.23. The van der Waals surface area contributed by atoms with Crippen molar-refractivity contribution in [2.45, 2.75) is 82.4 Å². The summed E-state index contributed by atoms with van der Waals surface area (Å²) in [4.78, 5) is 2.84. The number of aryl methyl sites for hydroxylation is 1. The van der Waals surface area contributed by atoms with E-state index in [0.29, 0.717) is 12.0 Å². The van der Waals surface area contributed by atoms with E-state index in [4.69, 9.17) is 0 Å². The molecule has 0 radical (unpaired) electrons. The Balaban J connectivity index is 0.000000552. The molecular weight excluding hydrogens is 370 g/mol. The maximum Gasteiger partial charge on any atom is 0.166 e. The van der Waals surface area contributed by atoms with E-state index in [-0.39, 0.29) is 4.90 Å². The topological polar surface area (TPSA) is 71.3 Å². The van der Waals surface area contributed by atoms with Crippen LogP contribution in [-0.2, 0) is 16.5 Å². The Hall–Kier alpha value is -1.72. The number of H-pyrrole nitrogens is 1. The van der Waals surface area contributed by atoms with Crippen molar-refractivity contribution < 1.29 is 18.0 Å². The zero-order valence-corrected chi connectivity index (χ0v) is 17.9. The van der Waals surface area contributed by atoms with Gasteiger partial charge in [-0.25, -0.2) is 13.4 Å². The lowest BCUT2D eigenvalue weighted by molar-refractivity contribution is -0.377. The first-order chi connectivity index (χ1) is 13.6. The van der Waals surface area contributed by atoms with Crippen molar-refractivity contribution in [2.24, 2.45) is 0 Å². The van der Waals surface area contributed by atoms with E-state index in [1.165, 1.54) is 57.4 Å². The zero-order chi connectivity index (χ0) is 20.5. The molecule has 0 bridgehead atoms. The molecule has 1 aromatic heterocycles. The molecule has 2 aromatic rings. The lowest BCUT2D eigenvalue weighted by Crippen LogP contribution is -2.03. The van der Waals surface area contributed by atoms with Crippen molar-refractivity contribution in [3.63, 3.8) is 0 Å². The van der Waals surface area contributed by atoms with Crippen LogP contribution in [0.3, 0.4) is 0 Å². The lowest BCUT2D eigenvalue weighted by Gasteiger charge is -2.12. The summed E-state index contributed by atoms with van der Waals surface area (Å²) in [6.07, 6.45) is 16.9. The van der Waals surface area contributed by atoms with Gasteiger partial charge in [0.2, 0.25) is 0 Å². The highest BCUT2D eigenvalue weighted by molar-refractivity contribution is 7.85. The average Bonchev–Trinajstić information content (AvgIpc) is 2.71. The van der Waals surface area contributed by atoms with Gasteiger partial charge in [-0.2, -0.15) is 0 Å². The number of hydrogen-bond acceptors (Lipinski definition) is 3. The monoisotopic (exact) mass is 405 g/mol. The maximum atomic E-state index is 11.2. The molecule has 2 rings (SSSR count). The van der Waals surface area contributed by atoms with Crippen LogP contribution in [0.15, 0.2) is 59.8 Å². The first-order valence-corrected chi connectivity index (χ1v) is 11.9. The summed E-state index contributed by atoms with van der Waals surface area (Å²) in [7, 11) is -4.35. The van der Waals surface area contributed by atoms with Gasteiger partial charge in [-0.3, -0.25) is 0 Å².